The highest BCUT2D eigenvalue weighted by atomic mass is 16.7. The van der Waals surface area contributed by atoms with Crippen LogP contribution in [-0.4, -0.2) is 64.6 Å². The van der Waals surface area contributed by atoms with E-state index in [1.807, 2.05) is 38.1 Å². The van der Waals surface area contributed by atoms with E-state index in [4.69, 9.17) is 18.9 Å². The largest absolute Gasteiger partial charge is 0.493 e. The number of aliphatic hydroxyl groups excluding tert-OH is 3. The lowest BCUT2D eigenvalue weighted by molar-refractivity contribution is -0.290. The molecule has 1 aliphatic rings. The molecule has 2 aromatic carbocycles. The number of aryl methyl sites for hydroxylation is 2. The summed E-state index contributed by atoms with van der Waals surface area (Å²) < 4.78 is 21.8. The molecule has 2 aromatic rings. The number of hydrogen-bond donors (Lipinski definition) is 3. The quantitative estimate of drug-likeness (QED) is 0.322. The Morgan fingerprint density at radius 3 is 2.38 bits per heavy atom. The maximum atomic E-state index is 12.9. The van der Waals surface area contributed by atoms with Crippen LogP contribution in [0.3, 0.4) is 0 Å². The van der Waals surface area contributed by atoms with Gasteiger partial charge in [0.1, 0.15) is 30.7 Å². The number of hydrogen-bond acceptors (Lipinski definition) is 9. The van der Waals surface area contributed by atoms with Crippen molar-refractivity contribution >= 4 is 11.9 Å². The molecule has 0 aromatic heterocycles. The van der Waals surface area contributed by atoms with Gasteiger partial charge in [0, 0.05) is 0 Å². The Morgan fingerprint density at radius 2 is 1.68 bits per heavy atom. The molecule has 0 unspecified atom stereocenters. The topological polar surface area (TPSA) is 132 Å². The zero-order valence-corrected chi connectivity index (χ0v) is 21.6. The molecule has 1 heterocycles. The van der Waals surface area contributed by atoms with E-state index in [0.29, 0.717) is 25.0 Å². The van der Waals surface area contributed by atoms with E-state index in [-0.39, 0.29) is 6.61 Å². The first-order valence-corrected chi connectivity index (χ1v) is 12.3. The fraction of sp³-hybridized carbons (Fsp3) is 0.500. The van der Waals surface area contributed by atoms with Crippen LogP contribution < -0.4 is 4.74 Å². The molecule has 0 spiro atoms. The molecule has 1 aliphatic heterocycles. The molecule has 37 heavy (non-hydrogen) atoms. The number of carbonyl (C=O) groups is 2. The van der Waals surface area contributed by atoms with Crippen molar-refractivity contribution in [2.45, 2.75) is 77.8 Å². The van der Waals surface area contributed by atoms with Gasteiger partial charge in [0.15, 0.2) is 6.10 Å². The molecule has 9 heteroatoms. The maximum absolute atomic E-state index is 12.9. The summed E-state index contributed by atoms with van der Waals surface area (Å²) in [5, 5.41) is 30.9. The fourth-order valence-electron chi connectivity index (χ4n) is 3.88. The lowest BCUT2D eigenvalue weighted by Gasteiger charge is -2.39. The molecule has 5 atom stereocenters. The van der Waals surface area contributed by atoms with Gasteiger partial charge in [0.2, 0.25) is 6.29 Å². The van der Waals surface area contributed by atoms with Crippen LogP contribution in [0.15, 0.2) is 48.5 Å². The first-order valence-electron chi connectivity index (χ1n) is 12.3. The summed E-state index contributed by atoms with van der Waals surface area (Å²) in [7, 11) is 0. The van der Waals surface area contributed by atoms with Gasteiger partial charge >= 0.3 is 11.9 Å². The average Bonchev–Trinajstić information content (AvgIpc) is 2.87. The SMILES string of the molecule is Cc1ccc(C)c(OCCCC(C)(C)C(=O)O[C@@H]2O[C@H](C(=O)OCc3ccccc3)[C@@H](O)[C@H](O)[C@H]2O)c1. The highest BCUT2D eigenvalue weighted by Crippen LogP contribution is 2.29. The lowest BCUT2D eigenvalue weighted by Crippen LogP contribution is -2.61. The van der Waals surface area contributed by atoms with Crippen LogP contribution in [-0.2, 0) is 30.4 Å². The molecule has 1 saturated heterocycles. The number of carbonyl (C=O) groups excluding carboxylic acids is 2. The van der Waals surface area contributed by atoms with Crippen molar-refractivity contribution in [1.82, 2.24) is 0 Å². The van der Waals surface area contributed by atoms with Gasteiger partial charge in [-0.3, -0.25) is 4.79 Å². The van der Waals surface area contributed by atoms with E-state index in [2.05, 4.69) is 0 Å². The van der Waals surface area contributed by atoms with Gasteiger partial charge in [-0.15, -0.1) is 0 Å². The highest BCUT2D eigenvalue weighted by Gasteiger charge is 2.50. The summed E-state index contributed by atoms with van der Waals surface area (Å²) in [4.78, 5) is 25.4. The van der Waals surface area contributed by atoms with Gasteiger partial charge in [-0.1, -0.05) is 42.5 Å². The van der Waals surface area contributed by atoms with Gasteiger partial charge in [-0.25, -0.2) is 4.79 Å². The van der Waals surface area contributed by atoms with Crippen molar-refractivity contribution in [2.24, 2.45) is 5.41 Å². The van der Waals surface area contributed by atoms with E-state index < -0.39 is 48.1 Å². The fourth-order valence-corrected chi connectivity index (χ4v) is 3.88. The smallest absolute Gasteiger partial charge is 0.338 e. The zero-order valence-electron chi connectivity index (χ0n) is 21.6. The average molecular weight is 517 g/mol. The van der Waals surface area contributed by atoms with Crippen LogP contribution in [0.25, 0.3) is 0 Å². The second-order valence-corrected chi connectivity index (χ2v) is 10.0. The molecule has 0 aliphatic carbocycles. The minimum Gasteiger partial charge on any atom is -0.493 e. The van der Waals surface area contributed by atoms with Crippen molar-refractivity contribution < 1.29 is 43.9 Å². The molecule has 3 rings (SSSR count). The molecule has 3 N–H and O–H groups in total. The summed E-state index contributed by atoms with van der Waals surface area (Å²) in [5.74, 6) is -0.855. The molecule has 9 nitrogen and oxygen atoms in total. The predicted molar refractivity (Wildman–Crippen MR) is 133 cm³/mol. The monoisotopic (exact) mass is 516 g/mol. The molecule has 0 amide bonds. The molecule has 0 radical (unpaired) electrons. The van der Waals surface area contributed by atoms with Crippen molar-refractivity contribution in [3.63, 3.8) is 0 Å². The van der Waals surface area contributed by atoms with Gasteiger partial charge < -0.3 is 34.3 Å². The summed E-state index contributed by atoms with van der Waals surface area (Å²) in [6.45, 7) is 7.62. The standard InChI is InChI=1S/C28H36O9/c1-17-11-12-18(2)20(15-17)34-14-8-13-28(3,4)27(33)37-26-23(31)21(29)22(30)24(36-26)25(32)35-16-19-9-6-5-7-10-19/h5-7,9-12,15,21-24,26,29-31H,8,13-14,16H2,1-4H3/t21-,22-,23+,24-,26-/m0/s1. The van der Waals surface area contributed by atoms with Crippen molar-refractivity contribution in [3.05, 3.63) is 65.2 Å². The first kappa shape index (κ1) is 28.6. The number of esters is 2. The minimum atomic E-state index is -1.78. The third-order valence-corrected chi connectivity index (χ3v) is 6.35. The first-order chi connectivity index (χ1) is 17.5. The Kier molecular flexibility index (Phi) is 9.67. The number of aliphatic hydroxyl groups is 3. The van der Waals surface area contributed by atoms with Crippen molar-refractivity contribution in [3.8, 4) is 5.75 Å². The molecule has 0 bridgehead atoms. The molecular formula is C28H36O9. The third kappa shape index (κ3) is 7.52. The summed E-state index contributed by atoms with van der Waals surface area (Å²) in [6.07, 6.45) is -7.63. The Labute approximate surface area is 216 Å². The van der Waals surface area contributed by atoms with Crippen LogP contribution in [0.4, 0.5) is 0 Å². The van der Waals surface area contributed by atoms with E-state index in [1.165, 1.54) is 0 Å². The molecule has 1 fully saturated rings. The van der Waals surface area contributed by atoms with E-state index in [1.54, 1.807) is 38.1 Å². The lowest BCUT2D eigenvalue weighted by atomic mass is 9.88. The van der Waals surface area contributed by atoms with E-state index in [0.717, 1.165) is 16.9 Å². The Bertz CT molecular complexity index is 1050. The normalized spacial score (nSPS) is 23.8. The van der Waals surface area contributed by atoms with Crippen LogP contribution in [0, 0.1) is 19.3 Å². The molecule has 0 saturated carbocycles. The maximum Gasteiger partial charge on any atom is 0.338 e. The van der Waals surface area contributed by atoms with Crippen LogP contribution in [0.1, 0.15) is 43.4 Å². The number of benzene rings is 2. The van der Waals surface area contributed by atoms with Crippen LogP contribution in [0.2, 0.25) is 0 Å². The van der Waals surface area contributed by atoms with Crippen molar-refractivity contribution in [1.29, 1.82) is 0 Å². The molecule has 202 valence electrons. The summed E-state index contributed by atoms with van der Waals surface area (Å²) in [5.41, 5.74) is 1.85. The Balaban J connectivity index is 1.54. The van der Waals surface area contributed by atoms with E-state index in [9.17, 15) is 24.9 Å². The van der Waals surface area contributed by atoms with Crippen LogP contribution in [0.5, 0.6) is 5.75 Å². The molecular weight excluding hydrogens is 480 g/mol. The zero-order chi connectivity index (χ0) is 27.2. The Hall–Kier alpha value is -2.98. The van der Waals surface area contributed by atoms with E-state index >= 15 is 0 Å². The van der Waals surface area contributed by atoms with Gasteiger partial charge in [-0.2, -0.15) is 0 Å². The third-order valence-electron chi connectivity index (χ3n) is 6.35. The van der Waals surface area contributed by atoms with Crippen LogP contribution >= 0.6 is 0 Å². The summed E-state index contributed by atoms with van der Waals surface area (Å²) in [6, 6.07) is 14.8. The van der Waals surface area contributed by atoms with Gasteiger partial charge in [-0.05, 0) is 63.3 Å². The predicted octanol–water partition coefficient (Wildman–Crippen LogP) is 2.58. The highest BCUT2D eigenvalue weighted by molar-refractivity contribution is 5.77. The minimum absolute atomic E-state index is 0.0769. The second kappa shape index (κ2) is 12.5. The van der Waals surface area contributed by atoms with Gasteiger partial charge in [0.05, 0.1) is 12.0 Å². The summed E-state index contributed by atoms with van der Waals surface area (Å²) >= 11 is 0. The second-order valence-electron chi connectivity index (χ2n) is 10.0. The Morgan fingerprint density at radius 1 is 0.973 bits per heavy atom. The van der Waals surface area contributed by atoms with Crippen molar-refractivity contribution in [2.75, 3.05) is 6.61 Å². The number of rotatable bonds is 10. The van der Waals surface area contributed by atoms with Gasteiger partial charge in [0.25, 0.3) is 0 Å². The number of ether oxygens (including phenoxy) is 4.